The minimum atomic E-state index is -0.172. The van der Waals surface area contributed by atoms with Gasteiger partial charge in [0.2, 0.25) is 0 Å². The molecule has 1 saturated carbocycles. The third kappa shape index (κ3) is 3.69. The van der Waals surface area contributed by atoms with Crippen LogP contribution in [-0.2, 0) is 6.42 Å². The Morgan fingerprint density at radius 2 is 2.22 bits per heavy atom. The molecule has 1 fully saturated rings. The summed E-state index contributed by atoms with van der Waals surface area (Å²) >= 11 is 6.03. The van der Waals surface area contributed by atoms with Crippen molar-refractivity contribution in [3.05, 3.63) is 34.6 Å². The maximum atomic E-state index is 13.6. The van der Waals surface area contributed by atoms with Crippen LogP contribution in [-0.4, -0.2) is 12.6 Å². The summed E-state index contributed by atoms with van der Waals surface area (Å²) in [5.74, 6) is 0.676. The first-order valence-electron chi connectivity index (χ1n) is 6.88. The zero-order valence-electron chi connectivity index (χ0n) is 10.9. The Bertz CT molecular complexity index is 370. The van der Waals surface area contributed by atoms with Crippen LogP contribution in [0.5, 0.6) is 0 Å². The van der Waals surface area contributed by atoms with Crippen LogP contribution in [0.25, 0.3) is 0 Å². The smallest absolute Gasteiger partial charge is 0.127 e. The molecule has 1 aliphatic carbocycles. The topological polar surface area (TPSA) is 12.0 Å². The standard InChI is InChI=1S/C15H21ClFN/c1-2-18-15(11-9-10-11)8-3-5-12-13(16)6-4-7-14(12)17/h4,6-7,11,15,18H,2-3,5,8-10H2,1H3. The van der Waals surface area contributed by atoms with Gasteiger partial charge in [0.05, 0.1) is 0 Å². The summed E-state index contributed by atoms with van der Waals surface area (Å²) in [4.78, 5) is 0. The molecule has 0 heterocycles. The molecule has 2 rings (SSSR count). The van der Waals surface area contributed by atoms with Gasteiger partial charge >= 0.3 is 0 Å². The Balaban J connectivity index is 1.83. The highest BCUT2D eigenvalue weighted by Crippen LogP contribution is 2.34. The molecule has 0 amide bonds. The van der Waals surface area contributed by atoms with Gasteiger partial charge in [-0.3, -0.25) is 0 Å². The molecule has 0 aliphatic heterocycles. The van der Waals surface area contributed by atoms with Crippen molar-refractivity contribution in [2.45, 2.75) is 45.1 Å². The van der Waals surface area contributed by atoms with Crippen LogP contribution in [0.3, 0.4) is 0 Å². The SMILES string of the molecule is CCNC(CCCc1c(F)cccc1Cl)C1CC1. The molecule has 0 aromatic heterocycles. The lowest BCUT2D eigenvalue weighted by atomic mass is 10.0. The molecule has 18 heavy (non-hydrogen) atoms. The molecule has 0 saturated heterocycles. The van der Waals surface area contributed by atoms with Crippen molar-refractivity contribution in [2.75, 3.05) is 6.54 Å². The van der Waals surface area contributed by atoms with Crippen LogP contribution in [0.2, 0.25) is 5.02 Å². The first kappa shape index (κ1) is 13.8. The average Bonchev–Trinajstić information content (AvgIpc) is 3.15. The molecule has 3 heteroatoms. The third-order valence-electron chi connectivity index (χ3n) is 3.66. The number of halogens is 2. The fourth-order valence-corrected chi connectivity index (χ4v) is 2.79. The van der Waals surface area contributed by atoms with Crippen LogP contribution >= 0.6 is 11.6 Å². The van der Waals surface area contributed by atoms with E-state index < -0.39 is 0 Å². The van der Waals surface area contributed by atoms with Gasteiger partial charge in [-0.15, -0.1) is 0 Å². The molecular formula is C15H21ClFN. The summed E-state index contributed by atoms with van der Waals surface area (Å²) in [6.07, 6.45) is 5.54. The van der Waals surface area contributed by atoms with E-state index in [-0.39, 0.29) is 5.82 Å². The number of benzene rings is 1. The number of nitrogens with one attached hydrogen (secondary N) is 1. The van der Waals surface area contributed by atoms with Crippen LogP contribution in [0.1, 0.15) is 38.2 Å². The molecule has 1 aromatic rings. The van der Waals surface area contributed by atoms with Gasteiger partial charge < -0.3 is 5.32 Å². The quantitative estimate of drug-likeness (QED) is 0.783. The van der Waals surface area contributed by atoms with Crippen molar-refractivity contribution < 1.29 is 4.39 Å². The van der Waals surface area contributed by atoms with Crippen molar-refractivity contribution in [2.24, 2.45) is 5.92 Å². The monoisotopic (exact) mass is 269 g/mol. The highest BCUT2D eigenvalue weighted by molar-refractivity contribution is 6.31. The van der Waals surface area contributed by atoms with Crippen LogP contribution < -0.4 is 5.32 Å². The van der Waals surface area contributed by atoms with E-state index in [2.05, 4.69) is 12.2 Å². The van der Waals surface area contributed by atoms with Crippen molar-refractivity contribution >= 4 is 11.6 Å². The van der Waals surface area contributed by atoms with Gasteiger partial charge in [-0.2, -0.15) is 0 Å². The molecule has 1 unspecified atom stereocenters. The third-order valence-corrected chi connectivity index (χ3v) is 4.02. The van der Waals surface area contributed by atoms with Gasteiger partial charge in [-0.05, 0) is 56.7 Å². The predicted octanol–water partition coefficient (Wildman–Crippen LogP) is 4.19. The maximum absolute atomic E-state index is 13.6. The van der Waals surface area contributed by atoms with Crippen molar-refractivity contribution in [1.29, 1.82) is 0 Å². The molecule has 1 atom stereocenters. The summed E-state index contributed by atoms with van der Waals surface area (Å²) in [7, 11) is 0. The fraction of sp³-hybridized carbons (Fsp3) is 0.600. The Labute approximate surface area is 114 Å². The molecule has 1 aromatic carbocycles. The van der Waals surface area contributed by atoms with Crippen LogP contribution in [0.4, 0.5) is 4.39 Å². The normalized spacial score (nSPS) is 16.8. The van der Waals surface area contributed by atoms with Gasteiger partial charge in [0.25, 0.3) is 0 Å². The van der Waals surface area contributed by atoms with Crippen molar-refractivity contribution in [3.8, 4) is 0 Å². The van der Waals surface area contributed by atoms with E-state index in [1.807, 2.05) is 0 Å². The number of rotatable bonds is 7. The number of hydrogen-bond acceptors (Lipinski definition) is 1. The minimum Gasteiger partial charge on any atom is -0.314 e. The van der Waals surface area contributed by atoms with E-state index in [0.717, 1.165) is 31.7 Å². The highest BCUT2D eigenvalue weighted by atomic mass is 35.5. The Kier molecular flexibility index (Phi) is 5.02. The zero-order chi connectivity index (χ0) is 13.0. The molecule has 1 nitrogen and oxygen atoms in total. The second-order valence-electron chi connectivity index (χ2n) is 5.09. The van der Waals surface area contributed by atoms with Crippen LogP contribution in [0.15, 0.2) is 18.2 Å². The summed E-state index contributed by atoms with van der Waals surface area (Å²) < 4.78 is 13.6. The first-order valence-corrected chi connectivity index (χ1v) is 7.26. The van der Waals surface area contributed by atoms with E-state index in [1.165, 1.54) is 18.9 Å². The fourth-order valence-electron chi connectivity index (χ4n) is 2.54. The van der Waals surface area contributed by atoms with Crippen molar-refractivity contribution in [1.82, 2.24) is 5.32 Å². The van der Waals surface area contributed by atoms with Crippen LogP contribution in [0, 0.1) is 11.7 Å². The van der Waals surface area contributed by atoms with E-state index in [4.69, 9.17) is 11.6 Å². The van der Waals surface area contributed by atoms with Gasteiger partial charge in [0, 0.05) is 16.6 Å². The van der Waals surface area contributed by atoms with Gasteiger partial charge in [0.1, 0.15) is 5.82 Å². The van der Waals surface area contributed by atoms with Gasteiger partial charge in [0.15, 0.2) is 0 Å². The zero-order valence-corrected chi connectivity index (χ0v) is 11.6. The first-order chi connectivity index (χ1) is 8.72. The summed E-state index contributed by atoms with van der Waals surface area (Å²) in [5, 5.41) is 4.09. The summed E-state index contributed by atoms with van der Waals surface area (Å²) in [5.41, 5.74) is 0.671. The van der Waals surface area contributed by atoms with E-state index in [0.29, 0.717) is 16.6 Å². The molecule has 100 valence electrons. The lowest BCUT2D eigenvalue weighted by molar-refractivity contribution is 0.433. The molecular weight excluding hydrogens is 249 g/mol. The summed E-state index contributed by atoms with van der Waals surface area (Å²) in [6.45, 7) is 3.16. The number of hydrogen-bond donors (Lipinski definition) is 1. The highest BCUT2D eigenvalue weighted by Gasteiger charge is 2.29. The maximum Gasteiger partial charge on any atom is 0.127 e. The Hall–Kier alpha value is -0.600. The molecule has 1 N–H and O–H groups in total. The molecule has 0 bridgehead atoms. The second-order valence-corrected chi connectivity index (χ2v) is 5.50. The molecule has 1 aliphatic rings. The molecule has 0 radical (unpaired) electrons. The van der Waals surface area contributed by atoms with E-state index in [9.17, 15) is 4.39 Å². The van der Waals surface area contributed by atoms with E-state index >= 15 is 0 Å². The van der Waals surface area contributed by atoms with E-state index in [1.54, 1.807) is 12.1 Å². The lowest BCUT2D eigenvalue weighted by Gasteiger charge is -2.17. The predicted molar refractivity (Wildman–Crippen MR) is 74.5 cm³/mol. The second kappa shape index (κ2) is 6.53. The Morgan fingerprint density at radius 1 is 1.44 bits per heavy atom. The largest absolute Gasteiger partial charge is 0.314 e. The molecule has 0 spiro atoms. The van der Waals surface area contributed by atoms with Crippen molar-refractivity contribution in [3.63, 3.8) is 0 Å². The lowest BCUT2D eigenvalue weighted by Crippen LogP contribution is -2.30. The van der Waals surface area contributed by atoms with Gasteiger partial charge in [-0.25, -0.2) is 4.39 Å². The van der Waals surface area contributed by atoms with Gasteiger partial charge in [-0.1, -0.05) is 24.6 Å². The average molecular weight is 270 g/mol. The minimum absolute atomic E-state index is 0.172. The summed E-state index contributed by atoms with van der Waals surface area (Å²) in [6, 6.07) is 5.53. The Morgan fingerprint density at radius 3 is 2.83 bits per heavy atom.